The normalized spacial score (nSPS) is 11.2. The van der Waals surface area contributed by atoms with E-state index in [-0.39, 0.29) is 32.2 Å². The number of hydrogen-bond acceptors (Lipinski definition) is 9. The van der Waals surface area contributed by atoms with Crippen LogP contribution in [0.15, 0.2) is 48.7 Å². The van der Waals surface area contributed by atoms with E-state index in [4.69, 9.17) is 10.5 Å². The molecule has 4 heterocycles. The Kier molecular flexibility index (Phi) is 7.42. The Hall–Kier alpha value is -4.83. The second kappa shape index (κ2) is 11.0. The first kappa shape index (κ1) is 27.7. The molecule has 5 aromatic rings. The summed E-state index contributed by atoms with van der Waals surface area (Å²) in [4.78, 5) is 41.5. The number of anilines is 1. The average Bonchev–Trinajstić information content (AvgIpc) is 3.65. The number of nitro groups is 1. The molecule has 2 amide bonds. The van der Waals surface area contributed by atoms with Gasteiger partial charge in [-0.05, 0) is 37.3 Å². The van der Waals surface area contributed by atoms with Crippen molar-refractivity contribution in [1.82, 2.24) is 14.8 Å². The number of nitrogens with zero attached hydrogens (tertiary/aromatic N) is 4. The van der Waals surface area contributed by atoms with Crippen molar-refractivity contribution in [3.05, 3.63) is 85.7 Å². The number of carbonyl (C=O) groups excluding carboxylic acids is 2. The van der Waals surface area contributed by atoms with Gasteiger partial charge in [-0.1, -0.05) is 0 Å². The number of thiophene rings is 2. The first-order valence-electron chi connectivity index (χ1n) is 11.6. The Morgan fingerprint density at radius 2 is 1.98 bits per heavy atom. The highest BCUT2D eigenvalue weighted by molar-refractivity contribution is 7.21. The summed E-state index contributed by atoms with van der Waals surface area (Å²) < 4.78 is 47.4. The molecule has 0 atom stereocenters. The zero-order valence-electron chi connectivity index (χ0n) is 20.8. The molecule has 16 heteroatoms. The molecule has 5 rings (SSSR count). The van der Waals surface area contributed by atoms with Crippen LogP contribution in [-0.4, -0.2) is 31.5 Å². The number of aromatic nitrogens is 3. The Morgan fingerprint density at radius 3 is 2.63 bits per heavy atom. The minimum atomic E-state index is -2.88. The lowest BCUT2D eigenvalue weighted by atomic mass is 10.1. The number of nitro benzene ring substituents is 1. The first-order chi connectivity index (χ1) is 19.5. The minimum absolute atomic E-state index is 0.00180. The number of amides is 2. The fraction of sp³-hybridized carbons (Fsp3) is 0.120. The number of benzene rings is 1. The van der Waals surface area contributed by atoms with Crippen LogP contribution in [0.2, 0.25) is 0 Å². The third-order valence-corrected chi connectivity index (χ3v) is 7.85. The molecule has 3 N–H and O–H groups in total. The minimum Gasteiger partial charge on any atom is -0.464 e. The summed E-state index contributed by atoms with van der Waals surface area (Å²) in [5.41, 5.74) is 4.82. The molecule has 0 saturated heterocycles. The number of alkyl halides is 2. The van der Waals surface area contributed by atoms with E-state index in [9.17, 15) is 32.9 Å². The summed E-state index contributed by atoms with van der Waals surface area (Å²) >= 11 is 2.11. The number of aryl methyl sites for hydroxylation is 1. The molecule has 0 aliphatic rings. The van der Waals surface area contributed by atoms with E-state index in [2.05, 4.69) is 15.4 Å². The van der Waals surface area contributed by atoms with Crippen LogP contribution in [0.25, 0.3) is 20.7 Å². The zero-order valence-corrected chi connectivity index (χ0v) is 22.4. The molecule has 0 unspecified atom stereocenters. The van der Waals surface area contributed by atoms with Gasteiger partial charge in [0, 0.05) is 39.0 Å². The van der Waals surface area contributed by atoms with E-state index < -0.39 is 47.1 Å². The van der Waals surface area contributed by atoms with Gasteiger partial charge in [-0.15, -0.1) is 22.7 Å². The molecular weight excluding hydrogens is 585 g/mol. The predicted octanol–water partition coefficient (Wildman–Crippen LogP) is 5.90. The third kappa shape index (κ3) is 5.59. The van der Waals surface area contributed by atoms with Crippen LogP contribution in [0.3, 0.4) is 0 Å². The predicted molar refractivity (Wildman–Crippen MR) is 145 cm³/mol. The van der Waals surface area contributed by atoms with Crippen LogP contribution in [0.5, 0.6) is 5.75 Å². The van der Waals surface area contributed by atoms with Gasteiger partial charge in [0.1, 0.15) is 21.2 Å². The monoisotopic (exact) mass is 602 g/mol. The van der Waals surface area contributed by atoms with Crippen molar-refractivity contribution in [2.45, 2.75) is 20.1 Å². The van der Waals surface area contributed by atoms with Gasteiger partial charge in [-0.2, -0.15) is 5.10 Å². The van der Waals surface area contributed by atoms with Gasteiger partial charge < -0.3 is 15.8 Å². The van der Waals surface area contributed by atoms with E-state index in [1.807, 2.05) is 6.92 Å². The SMILES string of the molecule is Cc1ccc(-c2cc(C(F)F)nc3sc(C(N)=O)c(NC(=O)c4ccn(COc5cc(F)ccc5[N+](=O)[O-])n4)c23)s1. The van der Waals surface area contributed by atoms with E-state index in [0.717, 1.165) is 39.1 Å². The Labute approximate surface area is 236 Å². The molecule has 0 aliphatic carbocycles. The average molecular weight is 603 g/mol. The molecule has 0 fully saturated rings. The van der Waals surface area contributed by atoms with Crippen molar-refractivity contribution in [2.75, 3.05) is 5.32 Å². The summed E-state index contributed by atoms with van der Waals surface area (Å²) in [5.74, 6) is -2.74. The third-order valence-electron chi connectivity index (χ3n) is 5.72. The lowest BCUT2D eigenvalue weighted by molar-refractivity contribution is -0.386. The number of carbonyl (C=O) groups is 2. The second-order valence-electron chi connectivity index (χ2n) is 8.49. The van der Waals surface area contributed by atoms with Gasteiger partial charge in [-0.3, -0.25) is 19.7 Å². The van der Waals surface area contributed by atoms with Crippen molar-refractivity contribution in [1.29, 1.82) is 0 Å². The van der Waals surface area contributed by atoms with Crippen molar-refractivity contribution in [3.8, 4) is 16.2 Å². The fourth-order valence-corrected chi connectivity index (χ4v) is 5.82. The molecule has 0 saturated carbocycles. The molecule has 0 aliphatic heterocycles. The number of halogens is 3. The maximum Gasteiger partial charge on any atom is 0.311 e. The summed E-state index contributed by atoms with van der Waals surface area (Å²) in [6.45, 7) is 1.45. The standard InChI is InChI=1S/C25H17F3N6O5S2/c1-11-2-5-18(40-11)13-9-15(22(27)28)30-25-19(13)20(21(41-25)23(29)35)31-24(36)14-6-7-33(32-14)10-39-17-8-12(26)3-4-16(17)34(37)38/h2-9,22H,10H2,1H3,(H2,29,35)(H,31,36). The highest BCUT2D eigenvalue weighted by Gasteiger charge is 2.26. The lowest BCUT2D eigenvalue weighted by Gasteiger charge is -2.09. The number of nitrogens with two attached hydrogens (primary N) is 1. The van der Waals surface area contributed by atoms with Crippen LogP contribution >= 0.6 is 22.7 Å². The number of rotatable bonds is 9. The zero-order chi connectivity index (χ0) is 29.4. The second-order valence-corrected chi connectivity index (χ2v) is 10.8. The smallest absolute Gasteiger partial charge is 0.311 e. The maximum atomic E-state index is 13.7. The molecule has 4 aromatic heterocycles. The quantitative estimate of drug-likeness (QED) is 0.157. The van der Waals surface area contributed by atoms with Crippen LogP contribution in [0.4, 0.5) is 24.5 Å². The number of ether oxygens (including phenoxy) is 1. The molecule has 0 bridgehead atoms. The van der Waals surface area contributed by atoms with Gasteiger partial charge in [0.25, 0.3) is 18.2 Å². The Morgan fingerprint density at radius 1 is 1.20 bits per heavy atom. The number of pyridine rings is 1. The van der Waals surface area contributed by atoms with Crippen molar-refractivity contribution >= 4 is 56.1 Å². The van der Waals surface area contributed by atoms with Gasteiger partial charge in [0.05, 0.1) is 10.6 Å². The number of hydrogen-bond donors (Lipinski definition) is 2. The molecule has 1 aromatic carbocycles. The molecule has 11 nitrogen and oxygen atoms in total. The van der Waals surface area contributed by atoms with E-state index in [1.165, 1.54) is 29.7 Å². The summed E-state index contributed by atoms with van der Waals surface area (Å²) in [5, 5.41) is 18.1. The van der Waals surface area contributed by atoms with Gasteiger partial charge >= 0.3 is 5.69 Å². The van der Waals surface area contributed by atoms with E-state index >= 15 is 0 Å². The first-order valence-corrected chi connectivity index (χ1v) is 13.2. The Bertz CT molecular complexity index is 1830. The number of primary amides is 1. The molecule has 41 heavy (non-hydrogen) atoms. The maximum absolute atomic E-state index is 13.7. The summed E-state index contributed by atoms with van der Waals surface area (Å²) in [6, 6.07) is 8.80. The van der Waals surface area contributed by atoms with Crippen molar-refractivity contribution in [2.24, 2.45) is 5.73 Å². The summed E-state index contributed by atoms with van der Waals surface area (Å²) in [6.07, 6.45) is -1.53. The number of nitrogens with one attached hydrogen (secondary N) is 1. The van der Waals surface area contributed by atoms with Crippen LogP contribution in [0, 0.1) is 22.9 Å². The van der Waals surface area contributed by atoms with Gasteiger partial charge in [0.15, 0.2) is 12.4 Å². The van der Waals surface area contributed by atoms with Crippen LogP contribution < -0.4 is 15.8 Å². The molecule has 0 radical (unpaired) electrons. The summed E-state index contributed by atoms with van der Waals surface area (Å²) in [7, 11) is 0. The highest BCUT2D eigenvalue weighted by atomic mass is 32.1. The largest absolute Gasteiger partial charge is 0.464 e. The number of fused-ring (bicyclic) bond motifs is 1. The van der Waals surface area contributed by atoms with Crippen molar-refractivity contribution < 1.29 is 32.4 Å². The van der Waals surface area contributed by atoms with E-state index in [0.29, 0.717) is 10.4 Å². The Balaban J connectivity index is 1.47. The van der Waals surface area contributed by atoms with Crippen molar-refractivity contribution in [3.63, 3.8) is 0 Å². The van der Waals surface area contributed by atoms with Gasteiger partial charge in [-0.25, -0.2) is 22.8 Å². The van der Waals surface area contributed by atoms with Gasteiger partial charge in [0.2, 0.25) is 5.75 Å². The fourth-order valence-electron chi connectivity index (χ4n) is 3.92. The highest BCUT2D eigenvalue weighted by Crippen LogP contribution is 2.44. The van der Waals surface area contributed by atoms with E-state index in [1.54, 1.807) is 12.1 Å². The molecular formula is C25H17F3N6O5S2. The van der Waals surface area contributed by atoms with Crippen LogP contribution in [0.1, 0.15) is 37.2 Å². The molecule has 0 spiro atoms. The van der Waals surface area contributed by atoms with Crippen LogP contribution in [-0.2, 0) is 6.73 Å². The lowest BCUT2D eigenvalue weighted by Crippen LogP contribution is -2.18. The molecule has 210 valence electrons. The topological polar surface area (TPSA) is 155 Å².